The maximum atomic E-state index is 12.0. The van der Waals surface area contributed by atoms with Crippen molar-refractivity contribution in [2.24, 2.45) is 0 Å². The van der Waals surface area contributed by atoms with Crippen molar-refractivity contribution in [2.45, 2.75) is 58.4 Å². The quantitative estimate of drug-likeness (QED) is 0.598. The van der Waals surface area contributed by atoms with Crippen molar-refractivity contribution >= 4 is 22.0 Å². The van der Waals surface area contributed by atoms with Crippen molar-refractivity contribution in [1.29, 1.82) is 0 Å². The highest BCUT2D eigenvalue weighted by atomic mass is 79.9. The van der Waals surface area contributed by atoms with E-state index in [0.29, 0.717) is 6.61 Å². The molecular formula is C24H31BrN2O3. The Morgan fingerprint density at radius 3 is 2.47 bits per heavy atom. The molecule has 6 heteroatoms. The minimum atomic E-state index is -0.466. The van der Waals surface area contributed by atoms with Crippen LogP contribution in [-0.2, 0) is 17.9 Å². The molecule has 1 fully saturated rings. The van der Waals surface area contributed by atoms with Gasteiger partial charge in [-0.3, -0.25) is 4.90 Å². The van der Waals surface area contributed by atoms with Crippen LogP contribution in [0, 0.1) is 0 Å². The van der Waals surface area contributed by atoms with Crippen molar-refractivity contribution in [1.82, 2.24) is 10.2 Å². The summed E-state index contributed by atoms with van der Waals surface area (Å²) in [5.41, 5.74) is 1.90. The molecular weight excluding hydrogens is 444 g/mol. The van der Waals surface area contributed by atoms with E-state index < -0.39 is 5.60 Å². The highest BCUT2D eigenvalue weighted by Crippen LogP contribution is 2.28. The van der Waals surface area contributed by atoms with Gasteiger partial charge >= 0.3 is 6.09 Å². The van der Waals surface area contributed by atoms with Gasteiger partial charge in [0.2, 0.25) is 0 Å². The Morgan fingerprint density at radius 2 is 1.80 bits per heavy atom. The van der Waals surface area contributed by atoms with Gasteiger partial charge in [0, 0.05) is 25.7 Å². The van der Waals surface area contributed by atoms with E-state index in [1.165, 1.54) is 5.56 Å². The number of amides is 1. The van der Waals surface area contributed by atoms with Gasteiger partial charge in [0.25, 0.3) is 0 Å². The van der Waals surface area contributed by atoms with Crippen LogP contribution in [0.1, 0.15) is 44.7 Å². The molecule has 0 aliphatic carbocycles. The van der Waals surface area contributed by atoms with Crippen molar-refractivity contribution in [2.75, 3.05) is 13.1 Å². The van der Waals surface area contributed by atoms with E-state index in [1.807, 2.05) is 45.0 Å². The Labute approximate surface area is 187 Å². The zero-order valence-electron chi connectivity index (χ0n) is 18.0. The van der Waals surface area contributed by atoms with E-state index in [9.17, 15) is 4.79 Å². The second kappa shape index (κ2) is 10.3. The normalized spacial score (nSPS) is 15.6. The first-order chi connectivity index (χ1) is 14.3. The number of carbonyl (C=O) groups excluding carboxylic acids is 1. The number of hydrogen-bond donors (Lipinski definition) is 1. The molecule has 5 nitrogen and oxygen atoms in total. The Kier molecular flexibility index (Phi) is 7.78. The molecule has 2 aromatic rings. The van der Waals surface area contributed by atoms with Gasteiger partial charge < -0.3 is 14.8 Å². The first-order valence-electron chi connectivity index (χ1n) is 10.5. The number of hydrogen-bond acceptors (Lipinski definition) is 4. The largest absolute Gasteiger partial charge is 0.488 e. The minimum Gasteiger partial charge on any atom is -0.488 e. The summed E-state index contributed by atoms with van der Waals surface area (Å²) in [7, 11) is 0. The van der Waals surface area contributed by atoms with E-state index in [4.69, 9.17) is 9.47 Å². The van der Waals surface area contributed by atoms with Crippen molar-refractivity contribution in [3.05, 3.63) is 64.1 Å². The molecule has 2 aromatic carbocycles. The number of likely N-dealkylation sites (tertiary alicyclic amines) is 1. The molecule has 1 aliphatic heterocycles. The molecule has 0 spiro atoms. The Bertz CT molecular complexity index is 828. The van der Waals surface area contributed by atoms with Gasteiger partial charge in [0.1, 0.15) is 18.0 Å². The van der Waals surface area contributed by atoms with Gasteiger partial charge in [0.05, 0.1) is 4.47 Å². The summed E-state index contributed by atoms with van der Waals surface area (Å²) in [6, 6.07) is 16.6. The van der Waals surface area contributed by atoms with Crippen molar-refractivity contribution in [3.8, 4) is 5.75 Å². The van der Waals surface area contributed by atoms with E-state index in [1.54, 1.807) is 0 Å². The lowest BCUT2D eigenvalue weighted by Gasteiger charge is -2.33. The Balaban J connectivity index is 1.48. The van der Waals surface area contributed by atoms with Crippen LogP contribution in [0.5, 0.6) is 5.75 Å². The molecule has 1 heterocycles. The summed E-state index contributed by atoms with van der Waals surface area (Å²) >= 11 is 3.59. The standard InChI is InChI=1S/C24H31BrN2O3/c1-24(2,3)30-23(28)26-20-11-13-27(14-12-20)16-19-9-10-21(25)22(15-19)29-17-18-7-5-4-6-8-18/h4-10,15,20H,11-14,16-17H2,1-3H3,(H,26,28). The summed E-state index contributed by atoms with van der Waals surface area (Å²) in [5.74, 6) is 0.859. The predicted molar refractivity (Wildman–Crippen MR) is 123 cm³/mol. The van der Waals surface area contributed by atoms with Crippen LogP contribution in [0.4, 0.5) is 4.79 Å². The number of piperidine rings is 1. The van der Waals surface area contributed by atoms with Crippen molar-refractivity contribution in [3.63, 3.8) is 0 Å². The fourth-order valence-electron chi connectivity index (χ4n) is 3.46. The van der Waals surface area contributed by atoms with E-state index in [0.717, 1.165) is 48.3 Å². The van der Waals surface area contributed by atoms with E-state index in [-0.39, 0.29) is 12.1 Å². The maximum absolute atomic E-state index is 12.0. The van der Waals surface area contributed by atoms with Crippen LogP contribution < -0.4 is 10.1 Å². The Morgan fingerprint density at radius 1 is 1.10 bits per heavy atom. The molecule has 1 saturated heterocycles. The van der Waals surface area contributed by atoms with Gasteiger partial charge in [-0.2, -0.15) is 0 Å². The number of rotatable bonds is 6. The van der Waals surface area contributed by atoms with E-state index in [2.05, 4.69) is 50.4 Å². The molecule has 30 heavy (non-hydrogen) atoms. The number of nitrogens with zero attached hydrogens (tertiary/aromatic N) is 1. The first kappa shape index (κ1) is 22.6. The van der Waals surface area contributed by atoms with Crippen LogP contribution in [-0.4, -0.2) is 35.7 Å². The summed E-state index contributed by atoms with van der Waals surface area (Å²) in [5, 5.41) is 2.99. The monoisotopic (exact) mass is 474 g/mol. The molecule has 1 amide bonds. The molecule has 0 aromatic heterocycles. The van der Waals surface area contributed by atoms with Gasteiger partial charge in [0.15, 0.2) is 0 Å². The molecule has 0 bridgehead atoms. The van der Waals surface area contributed by atoms with Crippen LogP contribution in [0.2, 0.25) is 0 Å². The van der Waals surface area contributed by atoms with Crippen LogP contribution in [0.3, 0.4) is 0 Å². The topological polar surface area (TPSA) is 50.8 Å². The zero-order valence-corrected chi connectivity index (χ0v) is 19.6. The van der Waals surface area contributed by atoms with Crippen LogP contribution in [0.25, 0.3) is 0 Å². The molecule has 0 unspecified atom stereocenters. The van der Waals surface area contributed by atoms with Crippen molar-refractivity contribution < 1.29 is 14.3 Å². The summed E-state index contributed by atoms with van der Waals surface area (Å²) in [6.45, 7) is 8.94. The fourth-order valence-corrected chi connectivity index (χ4v) is 3.82. The zero-order chi connectivity index (χ0) is 21.6. The second-order valence-corrected chi connectivity index (χ2v) is 9.59. The minimum absolute atomic E-state index is 0.172. The lowest BCUT2D eigenvalue weighted by atomic mass is 10.0. The van der Waals surface area contributed by atoms with Crippen LogP contribution in [0.15, 0.2) is 53.0 Å². The van der Waals surface area contributed by atoms with Gasteiger partial charge in [-0.05, 0) is 72.8 Å². The lowest BCUT2D eigenvalue weighted by Crippen LogP contribution is -2.45. The molecule has 0 atom stereocenters. The number of ether oxygens (including phenoxy) is 2. The van der Waals surface area contributed by atoms with Crippen LogP contribution >= 0.6 is 15.9 Å². The predicted octanol–water partition coefficient (Wildman–Crippen LogP) is 5.52. The first-order valence-corrected chi connectivity index (χ1v) is 11.2. The summed E-state index contributed by atoms with van der Waals surface area (Å²) in [4.78, 5) is 14.4. The molecule has 1 aliphatic rings. The average molecular weight is 475 g/mol. The highest BCUT2D eigenvalue weighted by Gasteiger charge is 2.23. The molecule has 0 radical (unpaired) electrons. The lowest BCUT2D eigenvalue weighted by molar-refractivity contribution is 0.0477. The van der Waals surface area contributed by atoms with E-state index >= 15 is 0 Å². The third kappa shape index (κ3) is 7.33. The third-order valence-corrected chi connectivity index (χ3v) is 5.60. The SMILES string of the molecule is CC(C)(C)OC(=O)NC1CCN(Cc2ccc(Br)c(OCc3ccccc3)c2)CC1. The third-order valence-electron chi connectivity index (χ3n) is 4.95. The molecule has 3 rings (SSSR count). The van der Waals surface area contributed by atoms with Gasteiger partial charge in [-0.1, -0.05) is 36.4 Å². The molecule has 1 N–H and O–H groups in total. The number of benzene rings is 2. The number of carbonyl (C=O) groups is 1. The summed E-state index contributed by atoms with van der Waals surface area (Å²) < 4.78 is 12.3. The number of halogens is 1. The van der Waals surface area contributed by atoms with Gasteiger partial charge in [-0.15, -0.1) is 0 Å². The number of nitrogens with one attached hydrogen (secondary N) is 1. The molecule has 0 saturated carbocycles. The number of alkyl carbamates (subject to hydrolysis) is 1. The Hall–Kier alpha value is -2.05. The summed E-state index contributed by atoms with van der Waals surface area (Å²) in [6.07, 6.45) is 1.52. The maximum Gasteiger partial charge on any atom is 0.407 e. The smallest absolute Gasteiger partial charge is 0.407 e. The highest BCUT2D eigenvalue weighted by molar-refractivity contribution is 9.10. The average Bonchev–Trinajstić information content (AvgIpc) is 2.69. The van der Waals surface area contributed by atoms with Gasteiger partial charge in [-0.25, -0.2) is 4.79 Å². The fraction of sp³-hybridized carbons (Fsp3) is 0.458. The molecule has 162 valence electrons. The second-order valence-electron chi connectivity index (χ2n) is 8.74.